The molecule has 1 aliphatic rings. The molecule has 51 heavy (non-hydrogen) atoms. The average molecular weight is 719 g/mol. The van der Waals surface area contributed by atoms with Gasteiger partial charge in [0.15, 0.2) is 6.29 Å². The molecule has 1 saturated heterocycles. The van der Waals surface area contributed by atoms with E-state index in [1.165, 1.54) is 44.9 Å². The highest BCUT2D eigenvalue weighted by atomic mass is 16.7. The van der Waals surface area contributed by atoms with E-state index < -0.39 is 49.4 Å². The Kier molecular flexibility index (Phi) is 30.6. The van der Waals surface area contributed by atoms with Crippen molar-refractivity contribution in [1.29, 1.82) is 0 Å². The first-order valence-corrected chi connectivity index (χ1v) is 19.5. The minimum absolute atomic E-state index is 0.0821. The molecular formula is C42H70O9. The quantitative estimate of drug-likeness (QED) is 0.0323. The lowest BCUT2D eigenvalue weighted by molar-refractivity contribution is -0.305. The molecule has 0 aliphatic carbocycles. The molecule has 1 aliphatic heterocycles. The van der Waals surface area contributed by atoms with Gasteiger partial charge in [-0.05, 0) is 64.2 Å². The van der Waals surface area contributed by atoms with Gasteiger partial charge in [0.1, 0.15) is 30.5 Å². The Morgan fingerprint density at radius 1 is 0.647 bits per heavy atom. The summed E-state index contributed by atoms with van der Waals surface area (Å²) in [7, 11) is 0. The number of hydrogen-bond donors (Lipinski definition) is 4. The number of unbranched alkanes of at least 4 members (excludes halogenated alkanes) is 9. The summed E-state index contributed by atoms with van der Waals surface area (Å²) in [6.07, 6.45) is 35.2. The summed E-state index contributed by atoms with van der Waals surface area (Å²) in [5.74, 6) is -0.446. The Morgan fingerprint density at radius 2 is 1.20 bits per heavy atom. The second kappa shape index (κ2) is 33.5. The van der Waals surface area contributed by atoms with E-state index in [0.717, 1.165) is 51.4 Å². The molecule has 292 valence electrons. The molecule has 1 fully saturated rings. The molecule has 6 unspecified atom stereocenters. The van der Waals surface area contributed by atoms with Crippen LogP contribution in [0.5, 0.6) is 0 Å². The van der Waals surface area contributed by atoms with Crippen molar-refractivity contribution < 1.29 is 44.2 Å². The highest BCUT2D eigenvalue weighted by Gasteiger charge is 2.44. The molecule has 0 aromatic rings. The monoisotopic (exact) mass is 719 g/mol. The van der Waals surface area contributed by atoms with Gasteiger partial charge in [0, 0.05) is 6.61 Å². The van der Waals surface area contributed by atoms with Crippen molar-refractivity contribution in [3.05, 3.63) is 72.9 Å². The smallest absolute Gasteiger partial charge is 0.310 e. The van der Waals surface area contributed by atoms with Crippen LogP contribution in [0.3, 0.4) is 0 Å². The Balaban J connectivity index is 2.41. The fraction of sp³-hybridized carbons (Fsp3) is 0.690. The minimum atomic E-state index is -1.56. The van der Waals surface area contributed by atoms with E-state index >= 15 is 0 Å². The molecular weight excluding hydrogens is 648 g/mol. The zero-order valence-electron chi connectivity index (χ0n) is 31.6. The molecule has 0 aromatic carbocycles. The van der Waals surface area contributed by atoms with E-state index in [-0.39, 0.29) is 19.6 Å². The second-order valence-electron chi connectivity index (χ2n) is 13.0. The Hall–Kier alpha value is -2.37. The minimum Gasteiger partial charge on any atom is -0.457 e. The van der Waals surface area contributed by atoms with Crippen LogP contribution in [0.4, 0.5) is 0 Å². The molecule has 9 heteroatoms. The Morgan fingerprint density at radius 3 is 1.78 bits per heavy atom. The van der Waals surface area contributed by atoms with Gasteiger partial charge in [-0.1, -0.05) is 125 Å². The lowest BCUT2D eigenvalue weighted by atomic mass is 9.99. The van der Waals surface area contributed by atoms with E-state index in [0.29, 0.717) is 13.0 Å². The van der Waals surface area contributed by atoms with Gasteiger partial charge in [-0.15, -0.1) is 0 Å². The van der Waals surface area contributed by atoms with Crippen LogP contribution in [0.1, 0.15) is 123 Å². The van der Waals surface area contributed by atoms with Crippen LogP contribution in [-0.2, 0) is 23.7 Å². The number of ether oxygens (including phenoxy) is 4. The lowest BCUT2D eigenvalue weighted by Crippen LogP contribution is -2.59. The first kappa shape index (κ1) is 46.7. The van der Waals surface area contributed by atoms with Gasteiger partial charge < -0.3 is 39.4 Å². The molecule has 9 nitrogen and oxygen atoms in total. The summed E-state index contributed by atoms with van der Waals surface area (Å²) >= 11 is 0. The standard InChI is InChI=1S/C42H70O9/c1-3-5-7-9-11-13-15-17-18-19-21-23-25-27-29-31-38(44)50-36(35-49-42-41(47)40(46)39(45)37(33-43)51-42)34-48-32-30-28-26-24-22-20-16-14-12-10-8-6-4-2/h5,7,11-14,17-18,21,23,27,29,36-37,39-43,45-47H,3-4,6,8-10,15-16,19-20,22,24-26,28,30-35H2,1-2H3/b7-5-,13-11-,14-12-,18-17-,23-21-,29-27-. The molecule has 0 radical (unpaired) electrons. The Bertz CT molecular complexity index is 1000. The molecule has 0 spiro atoms. The Labute approximate surface area is 308 Å². The molecule has 0 amide bonds. The average Bonchev–Trinajstić information content (AvgIpc) is 3.13. The predicted octanol–water partition coefficient (Wildman–Crippen LogP) is 7.74. The van der Waals surface area contributed by atoms with Crippen LogP contribution in [0.2, 0.25) is 0 Å². The summed E-state index contributed by atoms with van der Waals surface area (Å²) in [6.45, 7) is 4.25. The number of carbonyl (C=O) groups excluding carboxylic acids is 1. The van der Waals surface area contributed by atoms with E-state index in [1.54, 1.807) is 6.08 Å². The summed E-state index contributed by atoms with van der Waals surface area (Å²) in [5.41, 5.74) is 0. The van der Waals surface area contributed by atoms with Crippen molar-refractivity contribution >= 4 is 5.97 Å². The van der Waals surface area contributed by atoms with Gasteiger partial charge in [0.25, 0.3) is 0 Å². The molecule has 1 heterocycles. The first-order valence-electron chi connectivity index (χ1n) is 19.5. The fourth-order valence-corrected chi connectivity index (χ4v) is 5.32. The van der Waals surface area contributed by atoms with Crippen LogP contribution in [0.25, 0.3) is 0 Å². The van der Waals surface area contributed by atoms with Crippen LogP contribution in [-0.4, -0.2) is 89.6 Å². The number of rotatable bonds is 31. The van der Waals surface area contributed by atoms with Gasteiger partial charge >= 0.3 is 5.97 Å². The largest absolute Gasteiger partial charge is 0.457 e. The molecule has 0 bridgehead atoms. The van der Waals surface area contributed by atoms with E-state index in [1.807, 2.05) is 6.08 Å². The number of aliphatic hydroxyl groups is 4. The van der Waals surface area contributed by atoms with Crippen molar-refractivity contribution in [2.75, 3.05) is 26.4 Å². The zero-order valence-corrected chi connectivity index (χ0v) is 31.6. The number of aliphatic hydroxyl groups excluding tert-OH is 4. The maximum Gasteiger partial charge on any atom is 0.310 e. The number of hydrogen-bond acceptors (Lipinski definition) is 9. The summed E-state index contributed by atoms with van der Waals surface area (Å²) in [5, 5.41) is 39.9. The highest BCUT2D eigenvalue weighted by Crippen LogP contribution is 2.22. The van der Waals surface area contributed by atoms with Crippen LogP contribution in [0.15, 0.2) is 72.9 Å². The second-order valence-corrected chi connectivity index (χ2v) is 13.0. The van der Waals surface area contributed by atoms with Crippen LogP contribution in [0, 0.1) is 0 Å². The topological polar surface area (TPSA) is 135 Å². The van der Waals surface area contributed by atoms with Crippen LogP contribution >= 0.6 is 0 Å². The maximum absolute atomic E-state index is 12.6. The number of esters is 1. The van der Waals surface area contributed by atoms with Crippen molar-refractivity contribution in [1.82, 2.24) is 0 Å². The van der Waals surface area contributed by atoms with Gasteiger partial charge in [-0.3, -0.25) is 4.79 Å². The van der Waals surface area contributed by atoms with Gasteiger partial charge in [0.05, 0.1) is 26.2 Å². The summed E-state index contributed by atoms with van der Waals surface area (Å²) in [6, 6.07) is 0. The highest BCUT2D eigenvalue weighted by molar-refractivity contribution is 5.71. The van der Waals surface area contributed by atoms with Gasteiger partial charge in [-0.25, -0.2) is 0 Å². The van der Waals surface area contributed by atoms with Crippen molar-refractivity contribution in [2.45, 2.75) is 160 Å². The van der Waals surface area contributed by atoms with E-state index in [4.69, 9.17) is 18.9 Å². The molecule has 6 atom stereocenters. The third-order valence-corrected chi connectivity index (χ3v) is 8.39. The fourth-order valence-electron chi connectivity index (χ4n) is 5.32. The number of carbonyl (C=O) groups is 1. The van der Waals surface area contributed by atoms with Gasteiger partial charge in [-0.2, -0.15) is 0 Å². The molecule has 1 rings (SSSR count). The van der Waals surface area contributed by atoms with E-state index in [9.17, 15) is 25.2 Å². The lowest BCUT2D eigenvalue weighted by Gasteiger charge is -2.39. The molecule has 0 saturated carbocycles. The molecule has 0 aromatic heterocycles. The van der Waals surface area contributed by atoms with Crippen molar-refractivity contribution in [3.63, 3.8) is 0 Å². The van der Waals surface area contributed by atoms with Crippen LogP contribution < -0.4 is 0 Å². The summed E-state index contributed by atoms with van der Waals surface area (Å²) < 4.78 is 22.6. The first-order chi connectivity index (χ1) is 24.9. The van der Waals surface area contributed by atoms with Crippen molar-refractivity contribution in [3.8, 4) is 0 Å². The predicted molar refractivity (Wildman–Crippen MR) is 205 cm³/mol. The SMILES string of the molecule is CC/C=C\C/C=C\C/C=C\C/C=C\C/C=C\CC(=O)OC(COCCCCCCCC/C=C\CCCCC)COC1OC(CO)C(O)C(O)C1O. The van der Waals surface area contributed by atoms with Gasteiger partial charge in [0.2, 0.25) is 0 Å². The third kappa shape index (κ3) is 25.3. The molecule has 4 N–H and O–H groups in total. The van der Waals surface area contributed by atoms with Crippen molar-refractivity contribution in [2.24, 2.45) is 0 Å². The third-order valence-electron chi connectivity index (χ3n) is 8.39. The van der Waals surface area contributed by atoms with E-state index in [2.05, 4.69) is 74.6 Å². The maximum atomic E-state index is 12.6. The summed E-state index contributed by atoms with van der Waals surface area (Å²) in [4.78, 5) is 12.6. The normalized spacial score (nSPS) is 22.2. The zero-order chi connectivity index (χ0) is 37.2. The number of allylic oxidation sites excluding steroid dienone is 11.